The van der Waals surface area contributed by atoms with Crippen molar-refractivity contribution >= 4 is 5.91 Å². The van der Waals surface area contributed by atoms with E-state index in [4.69, 9.17) is 0 Å². The second kappa shape index (κ2) is 6.05. The minimum Gasteiger partial charge on any atom is -0.352 e. The van der Waals surface area contributed by atoms with Gasteiger partial charge in [-0.25, -0.2) is 0 Å². The molecule has 2 rings (SSSR count). The van der Waals surface area contributed by atoms with Crippen LogP contribution in [0.1, 0.15) is 52.9 Å². The van der Waals surface area contributed by atoms with E-state index in [1.807, 2.05) is 0 Å². The van der Waals surface area contributed by atoms with Gasteiger partial charge in [0.2, 0.25) is 5.91 Å². The summed E-state index contributed by atoms with van der Waals surface area (Å²) < 4.78 is 0. The first-order chi connectivity index (χ1) is 8.59. The Morgan fingerprint density at radius 3 is 2.56 bits per heavy atom. The smallest absolute Gasteiger partial charge is 0.237 e. The van der Waals surface area contributed by atoms with Gasteiger partial charge in [-0.05, 0) is 43.6 Å². The van der Waals surface area contributed by atoms with Crippen LogP contribution < -0.4 is 10.6 Å². The molecule has 1 aliphatic heterocycles. The highest BCUT2D eigenvalue weighted by molar-refractivity contribution is 5.82. The van der Waals surface area contributed by atoms with Crippen LogP contribution in [-0.2, 0) is 4.79 Å². The Balaban J connectivity index is 1.92. The zero-order valence-corrected chi connectivity index (χ0v) is 12.0. The van der Waals surface area contributed by atoms with Crippen molar-refractivity contribution in [3.05, 3.63) is 0 Å². The second-order valence-corrected chi connectivity index (χ2v) is 6.51. The summed E-state index contributed by atoms with van der Waals surface area (Å²) in [6.07, 6.45) is 6.15. The highest BCUT2D eigenvalue weighted by Crippen LogP contribution is 2.30. The highest BCUT2D eigenvalue weighted by Gasteiger charge is 2.33. The van der Waals surface area contributed by atoms with Crippen molar-refractivity contribution in [2.24, 2.45) is 17.8 Å². The van der Waals surface area contributed by atoms with Crippen molar-refractivity contribution in [1.82, 2.24) is 10.6 Å². The topological polar surface area (TPSA) is 41.1 Å². The molecule has 0 bridgehead atoms. The van der Waals surface area contributed by atoms with Gasteiger partial charge in [-0.15, -0.1) is 0 Å². The monoisotopic (exact) mass is 252 g/mol. The molecule has 2 fully saturated rings. The minimum atomic E-state index is 0.0414. The summed E-state index contributed by atoms with van der Waals surface area (Å²) in [5, 5.41) is 6.65. The molecule has 1 saturated heterocycles. The number of hydrogen-bond acceptors (Lipinski definition) is 2. The van der Waals surface area contributed by atoms with E-state index in [1.54, 1.807) is 0 Å². The summed E-state index contributed by atoms with van der Waals surface area (Å²) in [5.41, 5.74) is 0. The average Bonchev–Trinajstić information content (AvgIpc) is 2.76. The van der Waals surface area contributed by atoms with Gasteiger partial charge in [-0.2, -0.15) is 0 Å². The lowest BCUT2D eigenvalue weighted by Gasteiger charge is -2.35. The maximum atomic E-state index is 12.3. The Hall–Kier alpha value is -0.570. The molecule has 3 heteroatoms. The number of rotatable bonds is 3. The van der Waals surface area contributed by atoms with Crippen molar-refractivity contribution in [3.8, 4) is 0 Å². The van der Waals surface area contributed by atoms with Crippen molar-refractivity contribution in [2.75, 3.05) is 6.54 Å². The van der Waals surface area contributed by atoms with E-state index in [9.17, 15) is 4.79 Å². The Kier molecular flexibility index (Phi) is 4.66. The predicted molar refractivity (Wildman–Crippen MR) is 74.3 cm³/mol. The summed E-state index contributed by atoms with van der Waals surface area (Å²) in [6.45, 7) is 7.72. The van der Waals surface area contributed by atoms with E-state index in [0.717, 1.165) is 19.4 Å². The standard InChI is InChI=1S/C15H28N2O/c1-10(2)12-6-4-5-7-13(12)17-15(18)14-11(3)8-9-16-14/h10-14,16H,4-9H2,1-3H3,(H,17,18). The van der Waals surface area contributed by atoms with Crippen LogP contribution in [-0.4, -0.2) is 24.5 Å². The van der Waals surface area contributed by atoms with E-state index in [1.165, 1.54) is 19.3 Å². The maximum Gasteiger partial charge on any atom is 0.237 e. The maximum absolute atomic E-state index is 12.3. The summed E-state index contributed by atoms with van der Waals surface area (Å²) in [5.74, 6) is 2.05. The largest absolute Gasteiger partial charge is 0.352 e. The van der Waals surface area contributed by atoms with Crippen LogP contribution in [0.15, 0.2) is 0 Å². The first-order valence-electron chi connectivity index (χ1n) is 7.63. The Labute approximate surface area is 111 Å². The van der Waals surface area contributed by atoms with Gasteiger partial charge >= 0.3 is 0 Å². The molecule has 0 spiro atoms. The average molecular weight is 252 g/mol. The lowest BCUT2D eigenvalue weighted by molar-refractivity contribution is -0.125. The molecular weight excluding hydrogens is 224 g/mol. The van der Waals surface area contributed by atoms with Crippen LogP contribution in [0.4, 0.5) is 0 Å². The Morgan fingerprint density at radius 1 is 1.22 bits per heavy atom. The van der Waals surface area contributed by atoms with Gasteiger partial charge in [0, 0.05) is 6.04 Å². The van der Waals surface area contributed by atoms with E-state index < -0.39 is 0 Å². The third kappa shape index (κ3) is 3.05. The molecule has 0 aromatic heterocycles. The fourth-order valence-electron chi connectivity index (χ4n) is 3.59. The van der Waals surface area contributed by atoms with Gasteiger partial charge in [0.1, 0.15) is 0 Å². The summed E-state index contributed by atoms with van der Waals surface area (Å²) in [4.78, 5) is 12.3. The van der Waals surface area contributed by atoms with Crippen LogP contribution in [0.3, 0.4) is 0 Å². The SMILES string of the molecule is CC(C)C1CCCCC1NC(=O)C1NCCC1C. The molecule has 1 aliphatic carbocycles. The van der Waals surface area contributed by atoms with Gasteiger partial charge in [0.25, 0.3) is 0 Å². The van der Waals surface area contributed by atoms with Crippen LogP contribution >= 0.6 is 0 Å². The molecule has 4 atom stereocenters. The van der Waals surface area contributed by atoms with E-state index in [2.05, 4.69) is 31.4 Å². The fraction of sp³-hybridized carbons (Fsp3) is 0.933. The third-order valence-electron chi connectivity index (χ3n) is 4.82. The van der Waals surface area contributed by atoms with E-state index >= 15 is 0 Å². The molecule has 1 amide bonds. The molecule has 104 valence electrons. The molecule has 18 heavy (non-hydrogen) atoms. The summed E-state index contributed by atoms with van der Waals surface area (Å²) in [7, 11) is 0. The second-order valence-electron chi connectivity index (χ2n) is 6.51. The molecule has 0 aromatic carbocycles. The van der Waals surface area contributed by atoms with Crippen LogP contribution in [0.5, 0.6) is 0 Å². The molecule has 2 aliphatic rings. The molecule has 0 aromatic rings. The lowest BCUT2D eigenvalue weighted by atomic mass is 9.77. The minimum absolute atomic E-state index is 0.0414. The lowest BCUT2D eigenvalue weighted by Crippen LogP contribution is -2.51. The van der Waals surface area contributed by atoms with E-state index in [0.29, 0.717) is 23.8 Å². The first-order valence-corrected chi connectivity index (χ1v) is 7.63. The molecule has 2 N–H and O–H groups in total. The van der Waals surface area contributed by atoms with Gasteiger partial charge in [-0.1, -0.05) is 33.6 Å². The van der Waals surface area contributed by atoms with Gasteiger partial charge in [0.05, 0.1) is 6.04 Å². The van der Waals surface area contributed by atoms with Crippen LogP contribution in [0.25, 0.3) is 0 Å². The zero-order valence-electron chi connectivity index (χ0n) is 12.0. The summed E-state index contributed by atoms with van der Waals surface area (Å²) >= 11 is 0. The number of amides is 1. The van der Waals surface area contributed by atoms with Crippen LogP contribution in [0.2, 0.25) is 0 Å². The van der Waals surface area contributed by atoms with Crippen molar-refractivity contribution in [1.29, 1.82) is 0 Å². The van der Waals surface area contributed by atoms with E-state index in [-0.39, 0.29) is 11.9 Å². The molecular formula is C15H28N2O. The molecule has 0 radical (unpaired) electrons. The van der Waals surface area contributed by atoms with Crippen molar-refractivity contribution in [3.63, 3.8) is 0 Å². The number of carbonyl (C=O) groups excluding carboxylic acids is 1. The van der Waals surface area contributed by atoms with Crippen molar-refractivity contribution in [2.45, 2.75) is 65.0 Å². The van der Waals surface area contributed by atoms with Crippen molar-refractivity contribution < 1.29 is 4.79 Å². The van der Waals surface area contributed by atoms with Gasteiger partial charge in [-0.3, -0.25) is 4.79 Å². The van der Waals surface area contributed by atoms with Crippen LogP contribution in [0, 0.1) is 17.8 Å². The van der Waals surface area contributed by atoms with Gasteiger partial charge < -0.3 is 10.6 Å². The Morgan fingerprint density at radius 2 is 1.94 bits per heavy atom. The highest BCUT2D eigenvalue weighted by atomic mass is 16.2. The van der Waals surface area contributed by atoms with Gasteiger partial charge in [0.15, 0.2) is 0 Å². The summed E-state index contributed by atoms with van der Waals surface area (Å²) in [6, 6.07) is 0.445. The number of carbonyl (C=O) groups is 1. The molecule has 1 heterocycles. The number of hydrogen-bond donors (Lipinski definition) is 2. The predicted octanol–water partition coefficient (Wildman–Crippen LogP) is 2.32. The fourth-order valence-corrected chi connectivity index (χ4v) is 3.59. The first kappa shape index (κ1) is 13.9. The normalized spacial score (nSPS) is 36.9. The molecule has 1 saturated carbocycles. The molecule has 4 unspecified atom stereocenters. The quantitative estimate of drug-likeness (QED) is 0.809. The Bertz CT molecular complexity index is 290. The number of nitrogens with one attached hydrogen (secondary N) is 2. The third-order valence-corrected chi connectivity index (χ3v) is 4.82. The molecule has 3 nitrogen and oxygen atoms in total. The zero-order chi connectivity index (χ0) is 13.1.